The highest BCUT2D eigenvalue weighted by atomic mass is 32.2. The molecule has 0 heterocycles. The zero-order chi connectivity index (χ0) is 22.1. The molecule has 162 valence electrons. The van der Waals surface area contributed by atoms with Gasteiger partial charge in [-0.15, -0.1) is 0 Å². The Morgan fingerprint density at radius 1 is 0.833 bits per heavy atom. The summed E-state index contributed by atoms with van der Waals surface area (Å²) in [4.78, 5) is 11.4. The van der Waals surface area contributed by atoms with Gasteiger partial charge < -0.3 is 5.32 Å². The molecule has 0 spiro atoms. The average Bonchev–Trinajstić information content (AvgIpc) is 2.66. The van der Waals surface area contributed by atoms with Crippen LogP contribution in [-0.4, -0.2) is 20.4 Å². The van der Waals surface area contributed by atoms with Crippen LogP contribution >= 0.6 is 0 Å². The van der Waals surface area contributed by atoms with Crippen molar-refractivity contribution in [3.63, 3.8) is 0 Å². The van der Waals surface area contributed by atoms with E-state index in [1.807, 2.05) is 5.32 Å². The van der Waals surface area contributed by atoms with Crippen LogP contribution in [0.15, 0.2) is 29.2 Å². The molecule has 2 aromatic rings. The smallest absolute Gasteiger partial charge is 0.258 e. The lowest BCUT2D eigenvalue weighted by molar-refractivity contribution is 0.102. The molecule has 2 N–H and O–H groups in total. The predicted octanol–water partition coefficient (Wildman–Crippen LogP) is 4.25. The highest BCUT2D eigenvalue weighted by Crippen LogP contribution is 2.24. The molecule has 5 nitrogen and oxygen atoms in total. The summed E-state index contributed by atoms with van der Waals surface area (Å²) >= 11 is 0. The number of rotatable bonds is 5. The van der Waals surface area contributed by atoms with E-state index in [2.05, 4.69) is 4.72 Å². The fraction of sp³-hybridized carbons (Fsp3) is 0.316. The monoisotopic (exact) mass is 448 g/mol. The van der Waals surface area contributed by atoms with Crippen molar-refractivity contribution in [2.75, 3.05) is 5.32 Å². The zero-order valence-electron chi connectivity index (χ0n) is 15.4. The number of carbonyl (C=O) groups excluding carboxylic acids is 1. The van der Waals surface area contributed by atoms with Crippen molar-refractivity contribution in [2.24, 2.45) is 0 Å². The summed E-state index contributed by atoms with van der Waals surface area (Å²) in [6.45, 7) is 0. The van der Waals surface area contributed by atoms with E-state index in [0.29, 0.717) is 31.0 Å². The number of benzene rings is 2. The van der Waals surface area contributed by atoms with Crippen molar-refractivity contribution in [3.05, 3.63) is 58.9 Å². The van der Waals surface area contributed by atoms with E-state index < -0.39 is 67.2 Å². The standard InChI is InChI=1S/C19H17F5N2O3S/c20-13-9-14(21)17(30(28,29)26-10-4-2-1-3-5-10)8-12(13)19(27)25-11-6-15(22)18(24)16(23)7-11/h6-10,26H,1-5H2,(H,25,27). The molecule has 1 aliphatic carbocycles. The molecule has 0 unspecified atom stereocenters. The van der Waals surface area contributed by atoms with E-state index in [9.17, 15) is 35.2 Å². The summed E-state index contributed by atoms with van der Waals surface area (Å²) in [5.74, 6) is -9.03. The number of anilines is 1. The Bertz CT molecular complexity index is 1060. The van der Waals surface area contributed by atoms with Crippen molar-refractivity contribution in [1.82, 2.24) is 4.72 Å². The molecule has 1 aliphatic rings. The van der Waals surface area contributed by atoms with Gasteiger partial charge in [-0.05, 0) is 18.9 Å². The lowest BCUT2D eigenvalue weighted by Gasteiger charge is -2.22. The van der Waals surface area contributed by atoms with Gasteiger partial charge in [0, 0.05) is 29.9 Å². The second kappa shape index (κ2) is 8.68. The van der Waals surface area contributed by atoms with E-state index in [-0.39, 0.29) is 6.07 Å². The maximum atomic E-state index is 14.2. The first-order valence-electron chi connectivity index (χ1n) is 9.06. The maximum Gasteiger partial charge on any atom is 0.258 e. The minimum atomic E-state index is -4.40. The third kappa shape index (κ3) is 4.78. The molecule has 1 fully saturated rings. The number of sulfonamides is 1. The lowest BCUT2D eigenvalue weighted by atomic mass is 9.96. The van der Waals surface area contributed by atoms with Crippen LogP contribution in [0.1, 0.15) is 42.5 Å². The van der Waals surface area contributed by atoms with Crippen LogP contribution in [0.2, 0.25) is 0 Å². The number of carbonyl (C=O) groups is 1. The fourth-order valence-electron chi connectivity index (χ4n) is 3.24. The SMILES string of the molecule is O=C(Nc1cc(F)c(F)c(F)c1)c1cc(S(=O)(=O)NC2CCCCC2)c(F)cc1F. The lowest BCUT2D eigenvalue weighted by Crippen LogP contribution is -2.36. The normalized spacial score (nSPS) is 15.2. The van der Waals surface area contributed by atoms with Gasteiger partial charge in [0.05, 0.1) is 5.56 Å². The molecule has 11 heteroatoms. The van der Waals surface area contributed by atoms with Gasteiger partial charge in [0.15, 0.2) is 17.5 Å². The predicted molar refractivity (Wildman–Crippen MR) is 97.8 cm³/mol. The van der Waals surface area contributed by atoms with Crippen molar-refractivity contribution >= 4 is 21.6 Å². The molecule has 0 bridgehead atoms. The van der Waals surface area contributed by atoms with E-state index >= 15 is 0 Å². The summed E-state index contributed by atoms with van der Waals surface area (Å²) in [6, 6.07) is 1.24. The molecule has 30 heavy (non-hydrogen) atoms. The first kappa shape index (κ1) is 22.2. The molecular formula is C19H17F5N2O3S. The fourth-order valence-corrected chi connectivity index (χ4v) is 4.63. The highest BCUT2D eigenvalue weighted by molar-refractivity contribution is 7.89. The summed E-state index contributed by atoms with van der Waals surface area (Å²) < 4.78 is 95.4. The summed E-state index contributed by atoms with van der Waals surface area (Å²) in [7, 11) is -4.40. The van der Waals surface area contributed by atoms with Crippen LogP contribution < -0.4 is 10.0 Å². The van der Waals surface area contributed by atoms with Crippen LogP contribution in [0.5, 0.6) is 0 Å². The van der Waals surface area contributed by atoms with Gasteiger partial charge in [-0.1, -0.05) is 19.3 Å². The van der Waals surface area contributed by atoms with Gasteiger partial charge >= 0.3 is 0 Å². The molecule has 1 amide bonds. The van der Waals surface area contributed by atoms with Gasteiger partial charge in [0.25, 0.3) is 5.91 Å². The zero-order valence-corrected chi connectivity index (χ0v) is 16.3. The first-order valence-corrected chi connectivity index (χ1v) is 10.5. The van der Waals surface area contributed by atoms with Gasteiger partial charge in [0.2, 0.25) is 10.0 Å². The van der Waals surface area contributed by atoms with Crippen LogP contribution in [0.25, 0.3) is 0 Å². The largest absolute Gasteiger partial charge is 0.322 e. The first-order chi connectivity index (χ1) is 14.1. The summed E-state index contributed by atoms with van der Waals surface area (Å²) in [5, 5.41) is 1.92. The van der Waals surface area contributed by atoms with Crippen LogP contribution in [0.3, 0.4) is 0 Å². The Labute approximate surface area is 169 Å². The molecule has 2 aromatic carbocycles. The van der Waals surface area contributed by atoms with E-state index in [0.717, 1.165) is 19.3 Å². The van der Waals surface area contributed by atoms with Crippen molar-refractivity contribution < 1.29 is 35.2 Å². The maximum absolute atomic E-state index is 14.2. The Hall–Kier alpha value is -2.53. The summed E-state index contributed by atoms with van der Waals surface area (Å²) in [6.07, 6.45) is 3.70. The third-order valence-corrected chi connectivity index (χ3v) is 6.26. The Morgan fingerprint density at radius 3 is 2.03 bits per heavy atom. The van der Waals surface area contributed by atoms with Crippen molar-refractivity contribution in [3.8, 4) is 0 Å². The van der Waals surface area contributed by atoms with Crippen LogP contribution in [0, 0.1) is 29.1 Å². The van der Waals surface area contributed by atoms with Gasteiger partial charge in [-0.25, -0.2) is 35.1 Å². The highest BCUT2D eigenvalue weighted by Gasteiger charge is 2.27. The van der Waals surface area contributed by atoms with Crippen molar-refractivity contribution in [1.29, 1.82) is 0 Å². The molecule has 0 radical (unpaired) electrons. The molecular weight excluding hydrogens is 431 g/mol. The Balaban J connectivity index is 1.89. The van der Waals surface area contributed by atoms with Crippen LogP contribution in [0.4, 0.5) is 27.6 Å². The summed E-state index contributed by atoms with van der Waals surface area (Å²) in [5.41, 5.74) is -1.41. The minimum absolute atomic E-state index is 0.232. The molecule has 0 aliphatic heterocycles. The minimum Gasteiger partial charge on any atom is -0.322 e. The number of nitrogens with one attached hydrogen (secondary N) is 2. The molecule has 0 atom stereocenters. The molecule has 0 saturated heterocycles. The number of hydrogen-bond acceptors (Lipinski definition) is 3. The molecule has 1 saturated carbocycles. The van der Waals surface area contributed by atoms with E-state index in [4.69, 9.17) is 0 Å². The second-order valence-corrected chi connectivity index (χ2v) is 8.61. The number of hydrogen-bond donors (Lipinski definition) is 2. The quantitative estimate of drug-likeness (QED) is 0.531. The second-order valence-electron chi connectivity index (χ2n) is 6.93. The van der Waals surface area contributed by atoms with Crippen molar-refractivity contribution in [2.45, 2.75) is 43.0 Å². The van der Waals surface area contributed by atoms with E-state index in [1.165, 1.54) is 0 Å². The third-order valence-electron chi connectivity index (χ3n) is 4.72. The topological polar surface area (TPSA) is 75.3 Å². The van der Waals surface area contributed by atoms with Gasteiger partial charge in [-0.3, -0.25) is 4.79 Å². The van der Waals surface area contributed by atoms with E-state index in [1.54, 1.807) is 0 Å². The number of amides is 1. The van der Waals surface area contributed by atoms with Gasteiger partial charge in [0.1, 0.15) is 16.5 Å². The number of halogens is 5. The molecule has 3 rings (SSSR count). The Kier molecular flexibility index (Phi) is 6.41. The van der Waals surface area contributed by atoms with Crippen LogP contribution in [-0.2, 0) is 10.0 Å². The van der Waals surface area contributed by atoms with Gasteiger partial charge in [-0.2, -0.15) is 0 Å². The average molecular weight is 448 g/mol. The Morgan fingerprint density at radius 2 is 1.43 bits per heavy atom. The molecule has 0 aromatic heterocycles.